The number of rotatable bonds is 5. The molecule has 25 heavy (non-hydrogen) atoms. The second-order valence-electron chi connectivity index (χ2n) is 6.15. The molecule has 0 saturated carbocycles. The molecule has 1 saturated heterocycles. The van der Waals surface area contributed by atoms with Crippen LogP contribution < -0.4 is 19.5 Å². The van der Waals surface area contributed by atoms with Crippen LogP contribution in [0.25, 0.3) is 0 Å². The van der Waals surface area contributed by atoms with Gasteiger partial charge in [0.1, 0.15) is 13.2 Å². The van der Waals surface area contributed by atoms with Crippen molar-refractivity contribution in [2.75, 3.05) is 40.0 Å². The Morgan fingerprint density at radius 2 is 2.08 bits per heavy atom. The minimum Gasteiger partial charge on any atom is -0.493 e. The van der Waals surface area contributed by atoms with Crippen LogP contribution in [-0.2, 0) is 4.79 Å². The van der Waals surface area contributed by atoms with Crippen LogP contribution in [0, 0.1) is 0 Å². The van der Waals surface area contributed by atoms with E-state index in [2.05, 4.69) is 5.32 Å². The van der Waals surface area contributed by atoms with E-state index in [4.69, 9.17) is 14.2 Å². The van der Waals surface area contributed by atoms with E-state index >= 15 is 0 Å². The molecule has 136 valence electrons. The number of carbonyl (C=O) groups is 2. The zero-order valence-electron chi connectivity index (χ0n) is 14.5. The second kappa shape index (κ2) is 8.09. The highest BCUT2D eigenvalue weighted by atomic mass is 16.6. The van der Waals surface area contributed by atoms with Crippen molar-refractivity contribution in [3.05, 3.63) is 17.7 Å². The fourth-order valence-electron chi connectivity index (χ4n) is 3.09. The van der Waals surface area contributed by atoms with Gasteiger partial charge in [0, 0.05) is 31.6 Å². The van der Waals surface area contributed by atoms with Gasteiger partial charge in [0.2, 0.25) is 11.7 Å². The molecule has 0 atom stereocenters. The number of carbonyl (C=O) groups excluding carboxylic acids is 2. The third-order valence-corrected chi connectivity index (χ3v) is 4.43. The molecule has 1 aromatic rings. The molecule has 0 radical (unpaired) electrons. The Morgan fingerprint density at radius 1 is 1.24 bits per heavy atom. The summed E-state index contributed by atoms with van der Waals surface area (Å²) in [6, 6.07) is 3.30. The van der Waals surface area contributed by atoms with Gasteiger partial charge in [-0.2, -0.15) is 0 Å². The van der Waals surface area contributed by atoms with E-state index in [-0.39, 0.29) is 11.8 Å². The van der Waals surface area contributed by atoms with Gasteiger partial charge in [-0.3, -0.25) is 9.59 Å². The lowest BCUT2D eigenvalue weighted by Gasteiger charge is -2.22. The number of nitrogens with one attached hydrogen (secondary N) is 1. The standard InChI is InChI=1S/C18H24N2O5/c1-23-14-11-13(12-15-17(14)25-10-9-24-15)18(22)19-6-8-20-7-4-2-3-5-16(20)21/h11-12H,2-10H2,1H3,(H,19,22). The number of ether oxygens (including phenoxy) is 3. The first-order valence-electron chi connectivity index (χ1n) is 8.72. The summed E-state index contributed by atoms with van der Waals surface area (Å²) < 4.78 is 16.4. The highest BCUT2D eigenvalue weighted by Gasteiger charge is 2.21. The lowest BCUT2D eigenvalue weighted by Crippen LogP contribution is -2.38. The van der Waals surface area contributed by atoms with Crippen LogP contribution >= 0.6 is 0 Å². The van der Waals surface area contributed by atoms with E-state index in [9.17, 15) is 9.59 Å². The summed E-state index contributed by atoms with van der Waals surface area (Å²) in [6.45, 7) is 2.62. The molecular weight excluding hydrogens is 324 g/mol. The molecule has 1 fully saturated rings. The van der Waals surface area contributed by atoms with Crippen molar-refractivity contribution < 1.29 is 23.8 Å². The van der Waals surface area contributed by atoms with Crippen molar-refractivity contribution in [2.24, 2.45) is 0 Å². The highest BCUT2D eigenvalue weighted by molar-refractivity contribution is 5.95. The van der Waals surface area contributed by atoms with Gasteiger partial charge >= 0.3 is 0 Å². The van der Waals surface area contributed by atoms with Crippen molar-refractivity contribution in [3.8, 4) is 17.2 Å². The Hall–Kier alpha value is -2.44. The van der Waals surface area contributed by atoms with E-state index in [0.29, 0.717) is 55.5 Å². The summed E-state index contributed by atoms with van der Waals surface area (Å²) in [5, 5.41) is 2.86. The third-order valence-electron chi connectivity index (χ3n) is 4.43. The normalized spacial score (nSPS) is 17.0. The van der Waals surface area contributed by atoms with Crippen molar-refractivity contribution in [1.82, 2.24) is 10.2 Å². The maximum Gasteiger partial charge on any atom is 0.251 e. The van der Waals surface area contributed by atoms with E-state index in [1.54, 1.807) is 12.1 Å². The Morgan fingerprint density at radius 3 is 2.92 bits per heavy atom. The molecule has 0 aliphatic carbocycles. The quantitative estimate of drug-likeness (QED) is 0.875. The molecule has 0 aromatic heterocycles. The fraction of sp³-hybridized carbons (Fsp3) is 0.556. The number of benzene rings is 1. The van der Waals surface area contributed by atoms with Gasteiger partial charge in [0.25, 0.3) is 5.91 Å². The van der Waals surface area contributed by atoms with Gasteiger partial charge in [0.05, 0.1) is 7.11 Å². The highest BCUT2D eigenvalue weighted by Crippen LogP contribution is 2.40. The molecule has 3 rings (SSSR count). The van der Waals surface area contributed by atoms with E-state index in [1.165, 1.54) is 7.11 Å². The molecule has 7 heteroatoms. The van der Waals surface area contributed by atoms with Crippen molar-refractivity contribution in [3.63, 3.8) is 0 Å². The second-order valence-corrected chi connectivity index (χ2v) is 6.15. The first-order chi connectivity index (χ1) is 12.2. The monoisotopic (exact) mass is 348 g/mol. The minimum atomic E-state index is -0.224. The number of nitrogens with zero attached hydrogens (tertiary/aromatic N) is 1. The van der Waals surface area contributed by atoms with Crippen LogP contribution in [0.1, 0.15) is 36.0 Å². The minimum absolute atomic E-state index is 0.174. The van der Waals surface area contributed by atoms with Crippen LogP contribution in [0.4, 0.5) is 0 Å². The summed E-state index contributed by atoms with van der Waals surface area (Å²) in [5.41, 5.74) is 0.447. The average Bonchev–Trinajstić information content (AvgIpc) is 2.85. The van der Waals surface area contributed by atoms with E-state index < -0.39 is 0 Å². The summed E-state index contributed by atoms with van der Waals surface area (Å²) in [4.78, 5) is 26.2. The lowest BCUT2D eigenvalue weighted by atomic mass is 10.1. The van der Waals surface area contributed by atoms with Gasteiger partial charge < -0.3 is 24.4 Å². The van der Waals surface area contributed by atoms with Crippen LogP contribution in [-0.4, -0.2) is 56.7 Å². The number of likely N-dealkylation sites (tertiary alicyclic amines) is 1. The Balaban J connectivity index is 1.60. The molecule has 2 aliphatic rings. The molecule has 2 heterocycles. The lowest BCUT2D eigenvalue weighted by molar-refractivity contribution is -0.130. The van der Waals surface area contributed by atoms with E-state index in [1.807, 2.05) is 4.90 Å². The van der Waals surface area contributed by atoms with Gasteiger partial charge in [-0.05, 0) is 25.0 Å². The van der Waals surface area contributed by atoms with Crippen LogP contribution in [0.2, 0.25) is 0 Å². The third kappa shape index (κ3) is 4.15. The summed E-state index contributed by atoms with van der Waals surface area (Å²) in [6.07, 6.45) is 3.68. The summed E-state index contributed by atoms with van der Waals surface area (Å²) >= 11 is 0. The first kappa shape index (κ1) is 17.4. The smallest absolute Gasteiger partial charge is 0.251 e. The van der Waals surface area contributed by atoms with Crippen LogP contribution in [0.15, 0.2) is 12.1 Å². The molecule has 7 nitrogen and oxygen atoms in total. The molecule has 0 spiro atoms. The Bertz CT molecular complexity index is 629. The zero-order valence-corrected chi connectivity index (χ0v) is 14.5. The zero-order chi connectivity index (χ0) is 17.6. The summed E-state index contributed by atoms with van der Waals surface area (Å²) in [5.74, 6) is 1.47. The largest absolute Gasteiger partial charge is 0.493 e. The molecule has 1 N–H and O–H groups in total. The van der Waals surface area contributed by atoms with Crippen molar-refractivity contribution >= 4 is 11.8 Å². The SMILES string of the molecule is COc1cc(C(=O)NCCN2CCCCCC2=O)cc2c1OCCO2. The number of fused-ring (bicyclic) bond motifs is 1. The average molecular weight is 348 g/mol. The van der Waals surface area contributed by atoms with E-state index in [0.717, 1.165) is 25.8 Å². The molecule has 1 aromatic carbocycles. The summed E-state index contributed by atoms with van der Waals surface area (Å²) in [7, 11) is 1.53. The first-order valence-corrected chi connectivity index (χ1v) is 8.72. The molecule has 0 unspecified atom stereocenters. The number of amides is 2. The van der Waals surface area contributed by atoms with Crippen LogP contribution in [0.5, 0.6) is 17.2 Å². The topological polar surface area (TPSA) is 77.1 Å². The molecule has 0 bridgehead atoms. The van der Waals surface area contributed by atoms with Crippen molar-refractivity contribution in [2.45, 2.75) is 25.7 Å². The Labute approximate surface area is 147 Å². The number of methoxy groups -OCH3 is 1. The van der Waals surface area contributed by atoms with Crippen LogP contribution in [0.3, 0.4) is 0 Å². The van der Waals surface area contributed by atoms with Gasteiger partial charge in [-0.1, -0.05) is 6.42 Å². The van der Waals surface area contributed by atoms with Gasteiger partial charge in [-0.15, -0.1) is 0 Å². The fourth-order valence-corrected chi connectivity index (χ4v) is 3.09. The molecule has 2 aliphatic heterocycles. The Kier molecular flexibility index (Phi) is 5.63. The number of hydrogen-bond acceptors (Lipinski definition) is 5. The predicted molar refractivity (Wildman–Crippen MR) is 91.4 cm³/mol. The maximum atomic E-state index is 12.4. The van der Waals surface area contributed by atoms with Gasteiger partial charge in [0.15, 0.2) is 11.5 Å². The molecular formula is C18H24N2O5. The van der Waals surface area contributed by atoms with Crippen molar-refractivity contribution in [1.29, 1.82) is 0 Å². The molecule has 2 amide bonds. The van der Waals surface area contributed by atoms with Gasteiger partial charge in [-0.25, -0.2) is 0 Å². The number of hydrogen-bond donors (Lipinski definition) is 1. The predicted octanol–water partition coefficient (Wildman–Crippen LogP) is 1.60. The maximum absolute atomic E-state index is 12.4.